The molecule has 7 nitrogen and oxygen atoms in total. The Morgan fingerprint density at radius 1 is 0.385 bits per heavy atom. The van der Waals surface area contributed by atoms with Gasteiger partial charge in [-0.3, -0.25) is 4.79 Å². The van der Waals surface area contributed by atoms with Crippen LogP contribution in [0.2, 0.25) is 127 Å². The van der Waals surface area contributed by atoms with Gasteiger partial charge in [0, 0.05) is 11.1 Å². The van der Waals surface area contributed by atoms with Crippen LogP contribution in [0.1, 0.15) is 196 Å². The lowest BCUT2D eigenvalue weighted by Gasteiger charge is -2.38. The van der Waals surface area contributed by atoms with E-state index in [-0.39, 0.29) is 48.1 Å². The van der Waals surface area contributed by atoms with Crippen molar-refractivity contribution in [3.8, 4) is 12.3 Å². The number of hydrogen-bond donors (Lipinski definition) is 0. The third-order valence-corrected chi connectivity index (χ3v) is 53.1. The van der Waals surface area contributed by atoms with Crippen molar-refractivity contribution in [3.63, 3.8) is 0 Å². The van der Waals surface area contributed by atoms with Crippen molar-refractivity contribution in [1.82, 2.24) is 0 Å². The molecule has 0 atom stereocenters. The summed E-state index contributed by atoms with van der Waals surface area (Å²) >= 11 is 0. The zero-order chi connectivity index (χ0) is 61.8. The lowest BCUT2D eigenvalue weighted by molar-refractivity contribution is -0.108. The lowest BCUT2D eigenvalue weighted by Crippen LogP contribution is -2.46. The van der Waals surface area contributed by atoms with Gasteiger partial charge in [-0.05, 0) is 128 Å². The van der Waals surface area contributed by atoms with E-state index in [4.69, 9.17) is 24.1 Å². The highest BCUT2D eigenvalue weighted by Crippen LogP contribution is 2.44. The fraction of sp³-hybridized carbons (Fsp3) is 0.734. The number of benzene rings is 2. The molecular weight excluding hydrogens is 1080 g/mol. The highest BCUT2D eigenvalue weighted by Gasteiger charge is 2.46. The molecule has 0 aliphatic heterocycles. The van der Waals surface area contributed by atoms with Crippen LogP contribution >= 0.6 is 0 Å². The molecule has 2 aromatic carbocycles. The molecule has 0 amide bonds. The first kappa shape index (κ1) is 78.4. The minimum absolute atomic E-state index is 0. The Kier molecular flexibility index (Phi) is 27.1. The largest absolute Gasteiger partial charge is 0.413 e. The van der Waals surface area contributed by atoms with Crippen LogP contribution in [0.25, 0.3) is 0 Å². The van der Waals surface area contributed by atoms with Gasteiger partial charge >= 0.3 is 0 Å². The highest BCUT2D eigenvalue weighted by atomic mass is 28.4. The number of terminal acetylenes is 1. The zero-order valence-electron chi connectivity index (χ0n) is 56.7. The first-order chi connectivity index (χ1) is 33.6. The Morgan fingerprint density at radius 2 is 0.667 bits per heavy atom. The van der Waals surface area contributed by atoms with Crippen LogP contribution < -0.4 is 0 Å². The average Bonchev–Trinajstić information content (AvgIpc) is 3.23. The molecule has 0 aliphatic carbocycles. The topological polar surface area (TPSA) is 88.1 Å². The summed E-state index contributed by atoms with van der Waals surface area (Å²) in [4.78, 5) is 38.8. The lowest BCUT2D eigenvalue weighted by atomic mass is 10.1. The van der Waals surface area contributed by atoms with Crippen molar-refractivity contribution in [2.75, 3.05) is 0 Å². The molecule has 0 N–H and O–H groups in total. The third-order valence-electron chi connectivity index (χ3n) is 19.8. The molecule has 0 spiro atoms. The molecule has 2 aromatic rings. The van der Waals surface area contributed by atoms with E-state index in [1.807, 2.05) is 19.2 Å². The summed E-state index contributed by atoms with van der Waals surface area (Å²) < 4.78 is 26.1. The molecular formula is C64H124O7Si7. The van der Waals surface area contributed by atoms with Crippen LogP contribution in [0.3, 0.4) is 0 Å². The van der Waals surface area contributed by atoms with Gasteiger partial charge < -0.3 is 27.3 Å². The molecule has 0 heterocycles. The summed E-state index contributed by atoms with van der Waals surface area (Å²) in [6, 6.07) is 12.6. The Labute approximate surface area is 491 Å². The molecule has 78 heavy (non-hydrogen) atoms. The highest BCUT2D eigenvalue weighted by molar-refractivity contribution is 7.09. The molecule has 0 saturated heterocycles. The van der Waals surface area contributed by atoms with Crippen LogP contribution in [-0.4, -0.2) is 73.7 Å². The Balaban J connectivity index is 0. The van der Waals surface area contributed by atoms with Crippen LogP contribution in [0.5, 0.6) is 0 Å². The van der Waals surface area contributed by atoms with Crippen LogP contribution in [-0.2, 0) is 48.9 Å². The fourth-order valence-corrected chi connectivity index (χ4v) is 14.0. The van der Waals surface area contributed by atoms with Crippen molar-refractivity contribution in [2.45, 2.75) is 306 Å². The van der Waals surface area contributed by atoms with Crippen molar-refractivity contribution >= 4 is 73.7 Å². The molecule has 0 fully saturated rings. The van der Waals surface area contributed by atoms with E-state index in [2.05, 4.69) is 260 Å². The molecule has 0 aliphatic rings. The standard InChI is InChI=1S/2C27H52O3Si3.C9H16OSi.CH4/c1-25(2,3)31(10,11)24(28)23-17-21(19-29-32(12,13)26(4,5)6)16-22(18-23)20-30-33(14,15)27(7,8)9;1-25(2,3)31(10,11)24(28)23-17-16-21(19-29-32(12,13)26(4,5)6)18-22(23)20-30-33(14,15)27(7,8)9;1-7-8(10)11(5,6)9(2,3)4;/h2*16-18H,19-20H2,1-15H3;1H,2-6H3;1H4. The summed E-state index contributed by atoms with van der Waals surface area (Å²) in [6.07, 6.45) is 5.09. The molecule has 0 unspecified atom stereocenters. The van der Waals surface area contributed by atoms with E-state index in [1.54, 1.807) is 0 Å². The van der Waals surface area contributed by atoms with Gasteiger partial charge in [0.1, 0.15) is 35.0 Å². The van der Waals surface area contributed by atoms with E-state index in [0.29, 0.717) is 37.2 Å². The predicted octanol–water partition coefficient (Wildman–Crippen LogP) is 20.8. The maximum Gasteiger partial charge on any atom is 0.192 e. The third kappa shape index (κ3) is 20.9. The maximum atomic E-state index is 13.8. The van der Waals surface area contributed by atoms with E-state index in [0.717, 1.165) is 33.4 Å². The molecule has 0 saturated carbocycles. The van der Waals surface area contributed by atoms with Crippen molar-refractivity contribution in [2.24, 2.45) is 0 Å². The van der Waals surface area contributed by atoms with Crippen molar-refractivity contribution in [1.29, 1.82) is 0 Å². The Bertz CT molecular complexity index is 2310. The predicted molar refractivity (Wildman–Crippen MR) is 362 cm³/mol. The van der Waals surface area contributed by atoms with E-state index in [9.17, 15) is 14.4 Å². The maximum absolute atomic E-state index is 13.8. The van der Waals surface area contributed by atoms with E-state index >= 15 is 0 Å². The summed E-state index contributed by atoms with van der Waals surface area (Å²) in [5.74, 6) is 2.23. The summed E-state index contributed by atoms with van der Waals surface area (Å²) in [5, 5.41) is 1.30. The Hall–Kier alpha value is -1.63. The first-order valence-electron chi connectivity index (χ1n) is 28.5. The van der Waals surface area contributed by atoms with Crippen molar-refractivity contribution < 1.29 is 32.1 Å². The summed E-state index contributed by atoms with van der Waals surface area (Å²) in [6.45, 7) is 79.7. The van der Waals surface area contributed by atoms with E-state index in [1.165, 1.54) is 0 Å². The minimum Gasteiger partial charge on any atom is -0.413 e. The summed E-state index contributed by atoms with van der Waals surface area (Å²) in [7, 11) is -13.8. The molecule has 14 heteroatoms. The minimum atomic E-state index is -2.19. The first-order valence-corrected chi connectivity index (χ1v) is 49.1. The molecule has 2 rings (SSSR count). The summed E-state index contributed by atoms with van der Waals surface area (Å²) in [5.41, 5.74) is 5.98. The van der Waals surface area contributed by atoms with Gasteiger partial charge in [-0.25, -0.2) is 0 Å². The second-order valence-corrected chi connectivity index (χ2v) is 67.8. The van der Waals surface area contributed by atoms with Gasteiger partial charge in [0.2, 0.25) is 0 Å². The monoisotopic (exact) mass is 1200 g/mol. The number of hydrogen-bond acceptors (Lipinski definition) is 7. The second kappa shape index (κ2) is 26.9. The van der Waals surface area contributed by atoms with Gasteiger partial charge in [0.05, 0.1) is 26.4 Å². The number of rotatable bonds is 17. The smallest absolute Gasteiger partial charge is 0.192 e. The van der Waals surface area contributed by atoms with Gasteiger partial charge in [-0.15, -0.1) is 6.42 Å². The molecule has 0 aromatic heterocycles. The molecule has 0 bridgehead atoms. The van der Waals surface area contributed by atoms with E-state index < -0.39 is 57.5 Å². The van der Waals surface area contributed by atoms with Gasteiger partial charge in [0.25, 0.3) is 0 Å². The Morgan fingerprint density at radius 3 is 0.936 bits per heavy atom. The van der Waals surface area contributed by atoms with Crippen LogP contribution in [0.15, 0.2) is 36.4 Å². The number of carbonyl (C=O) groups excluding carboxylic acids is 3. The van der Waals surface area contributed by atoms with Gasteiger partial charge in [-0.2, -0.15) is 0 Å². The van der Waals surface area contributed by atoms with Crippen molar-refractivity contribution in [3.05, 3.63) is 69.8 Å². The van der Waals surface area contributed by atoms with Gasteiger partial charge in [0.15, 0.2) is 38.7 Å². The van der Waals surface area contributed by atoms with Crippen LogP contribution in [0.4, 0.5) is 0 Å². The molecule has 450 valence electrons. The normalized spacial score (nSPS) is 14.0. The fourth-order valence-electron chi connectivity index (χ4n) is 5.95. The van der Waals surface area contributed by atoms with Crippen LogP contribution in [0, 0.1) is 12.3 Å². The second-order valence-electron chi connectivity index (χ2n) is 33.0. The molecule has 0 radical (unpaired) electrons. The number of carbonyl (C=O) groups is 3. The van der Waals surface area contributed by atoms with Gasteiger partial charge in [-0.1, -0.05) is 216 Å². The SMILES string of the molecule is C.C#CC(=O)[Si](C)(C)C(C)(C)C.CC(C)(C)[Si](C)(C)OCc1cc(CO[Si](C)(C)C(C)(C)C)cc(C(=O)[Si](C)(C)C(C)(C)C)c1.CC(C)(C)[Si](C)(C)OCc1ccc(C(=O)[Si](C)(C)C(C)(C)C)c(CO[Si](C)(C)C(C)(C)C)c1. The average molecular weight is 1200 g/mol. The quantitative estimate of drug-likeness (QED) is 0.115. The zero-order valence-corrected chi connectivity index (χ0v) is 63.7.